The van der Waals surface area contributed by atoms with Gasteiger partial charge >= 0.3 is 0 Å². The van der Waals surface area contributed by atoms with Crippen molar-refractivity contribution < 1.29 is 4.79 Å². The van der Waals surface area contributed by atoms with Gasteiger partial charge in [-0.2, -0.15) is 0 Å². The highest BCUT2D eigenvalue weighted by Crippen LogP contribution is 2.25. The summed E-state index contributed by atoms with van der Waals surface area (Å²) >= 11 is 6.04. The van der Waals surface area contributed by atoms with Crippen LogP contribution in [-0.2, 0) is 11.2 Å². The lowest BCUT2D eigenvalue weighted by Gasteiger charge is -2.36. The van der Waals surface area contributed by atoms with E-state index in [1.165, 1.54) is 0 Å². The van der Waals surface area contributed by atoms with Crippen molar-refractivity contribution >= 4 is 23.3 Å². The van der Waals surface area contributed by atoms with E-state index >= 15 is 0 Å². The van der Waals surface area contributed by atoms with Crippen LogP contribution in [0.1, 0.15) is 16.8 Å². The monoisotopic (exact) mass is 421 g/mol. The molecule has 0 spiro atoms. The predicted octanol–water partition coefficient (Wildman–Crippen LogP) is 3.70. The van der Waals surface area contributed by atoms with Gasteiger partial charge in [0.2, 0.25) is 5.91 Å². The Balaban J connectivity index is 1.46. The van der Waals surface area contributed by atoms with E-state index in [0.717, 1.165) is 41.3 Å². The minimum absolute atomic E-state index is 0.130. The fraction of sp³-hybridized carbons (Fsp3) is 0.304. The Labute approximate surface area is 181 Å². The zero-order valence-corrected chi connectivity index (χ0v) is 17.9. The van der Waals surface area contributed by atoms with Crippen LogP contribution in [0.2, 0.25) is 5.02 Å². The van der Waals surface area contributed by atoms with Crippen LogP contribution in [0.5, 0.6) is 0 Å². The van der Waals surface area contributed by atoms with E-state index in [-0.39, 0.29) is 5.91 Å². The van der Waals surface area contributed by atoms with E-state index in [4.69, 9.17) is 16.6 Å². The topological polar surface area (TPSA) is 62.2 Å². The number of rotatable bonds is 4. The third-order valence-corrected chi connectivity index (χ3v) is 5.71. The lowest BCUT2D eigenvalue weighted by Crippen LogP contribution is -2.49. The molecular formula is C23H24ClN5O. The first kappa shape index (κ1) is 20.3. The van der Waals surface area contributed by atoms with Crippen molar-refractivity contribution in [2.75, 3.05) is 31.1 Å². The van der Waals surface area contributed by atoms with Gasteiger partial charge in [0.1, 0.15) is 5.82 Å². The summed E-state index contributed by atoms with van der Waals surface area (Å²) in [4.78, 5) is 30.5. The molecule has 1 amide bonds. The summed E-state index contributed by atoms with van der Waals surface area (Å²) < 4.78 is 0. The van der Waals surface area contributed by atoms with Crippen molar-refractivity contribution in [3.05, 3.63) is 70.6 Å². The maximum atomic E-state index is 12.7. The molecule has 4 rings (SSSR count). The van der Waals surface area contributed by atoms with Gasteiger partial charge in [-0.25, -0.2) is 9.97 Å². The maximum Gasteiger partial charge on any atom is 0.227 e. The highest BCUT2D eigenvalue weighted by molar-refractivity contribution is 6.30. The van der Waals surface area contributed by atoms with E-state index in [2.05, 4.69) is 21.8 Å². The Morgan fingerprint density at radius 1 is 1.03 bits per heavy atom. The Morgan fingerprint density at radius 3 is 2.47 bits per heavy atom. The number of hydrogen-bond acceptors (Lipinski definition) is 5. The Hall–Kier alpha value is -2.99. The Bertz CT molecular complexity index is 1050. The van der Waals surface area contributed by atoms with E-state index in [0.29, 0.717) is 30.4 Å². The lowest BCUT2D eigenvalue weighted by atomic mass is 10.1. The smallest absolute Gasteiger partial charge is 0.227 e. The summed E-state index contributed by atoms with van der Waals surface area (Å²) in [7, 11) is 0. The van der Waals surface area contributed by atoms with Gasteiger partial charge in [0.25, 0.3) is 0 Å². The fourth-order valence-electron chi connectivity index (χ4n) is 3.65. The number of anilines is 1. The molecule has 0 bridgehead atoms. The van der Waals surface area contributed by atoms with Gasteiger partial charge in [0.05, 0.1) is 6.42 Å². The second-order valence-electron chi connectivity index (χ2n) is 7.49. The predicted molar refractivity (Wildman–Crippen MR) is 119 cm³/mol. The molecule has 1 aliphatic heterocycles. The highest BCUT2D eigenvalue weighted by Gasteiger charge is 2.24. The number of hydrogen-bond donors (Lipinski definition) is 0. The zero-order valence-electron chi connectivity index (χ0n) is 17.2. The summed E-state index contributed by atoms with van der Waals surface area (Å²) in [5, 5.41) is 0.657. The van der Waals surface area contributed by atoms with Crippen LogP contribution in [0.25, 0.3) is 11.4 Å². The van der Waals surface area contributed by atoms with Gasteiger partial charge in [-0.1, -0.05) is 23.7 Å². The van der Waals surface area contributed by atoms with E-state index in [9.17, 15) is 4.79 Å². The van der Waals surface area contributed by atoms with Crippen LogP contribution in [-0.4, -0.2) is 51.9 Å². The summed E-state index contributed by atoms with van der Waals surface area (Å²) in [5.41, 5.74) is 3.93. The molecule has 3 aromatic rings. The molecule has 0 unspecified atom stereocenters. The minimum Gasteiger partial charge on any atom is -0.353 e. The fourth-order valence-corrected chi connectivity index (χ4v) is 3.87. The summed E-state index contributed by atoms with van der Waals surface area (Å²) in [6, 6.07) is 11.3. The van der Waals surface area contributed by atoms with Crippen molar-refractivity contribution in [1.29, 1.82) is 0 Å². The maximum absolute atomic E-state index is 12.7. The van der Waals surface area contributed by atoms with Crippen LogP contribution >= 0.6 is 11.6 Å². The van der Waals surface area contributed by atoms with Crippen molar-refractivity contribution in [2.45, 2.75) is 20.3 Å². The molecule has 1 aliphatic rings. The van der Waals surface area contributed by atoms with E-state index in [1.807, 2.05) is 48.2 Å². The van der Waals surface area contributed by atoms with Crippen molar-refractivity contribution in [2.24, 2.45) is 0 Å². The molecule has 2 aromatic heterocycles. The molecule has 3 heterocycles. The molecule has 0 radical (unpaired) electrons. The number of pyridine rings is 1. The first-order chi connectivity index (χ1) is 14.5. The first-order valence-corrected chi connectivity index (χ1v) is 10.4. The van der Waals surface area contributed by atoms with E-state index in [1.54, 1.807) is 12.4 Å². The average molecular weight is 422 g/mol. The third kappa shape index (κ3) is 4.44. The summed E-state index contributed by atoms with van der Waals surface area (Å²) in [5.74, 6) is 1.77. The standard InChI is InChI=1S/C23H24ClN5O/c1-16-17(2)26-22(19-6-8-25-9-7-19)27-23(16)29-12-10-28(11-13-29)21(30)15-18-4-3-5-20(24)14-18/h3-9,14H,10-13,15H2,1-2H3. The second-order valence-corrected chi connectivity index (χ2v) is 7.93. The summed E-state index contributed by atoms with van der Waals surface area (Å²) in [6.45, 7) is 6.90. The molecule has 7 heteroatoms. The number of amides is 1. The third-order valence-electron chi connectivity index (χ3n) is 5.48. The molecule has 0 N–H and O–H groups in total. The number of carbonyl (C=O) groups is 1. The zero-order chi connectivity index (χ0) is 21.1. The quantitative estimate of drug-likeness (QED) is 0.642. The number of halogens is 1. The molecule has 0 atom stereocenters. The highest BCUT2D eigenvalue weighted by atomic mass is 35.5. The SMILES string of the molecule is Cc1nc(-c2ccncc2)nc(N2CCN(C(=O)Cc3cccc(Cl)c3)CC2)c1C. The van der Waals surface area contributed by atoms with Crippen molar-refractivity contribution in [3.63, 3.8) is 0 Å². The van der Waals surface area contributed by atoms with E-state index < -0.39 is 0 Å². The number of nitrogens with zero attached hydrogens (tertiary/aromatic N) is 5. The Kier molecular flexibility index (Phi) is 5.95. The van der Waals surface area contributed by atoms with Crippen LogP contribution < -0.4 is 4.90 Å². The second kappa shape index (κ2) is 8.79. The number of aromatic nitrogens is 3. The van der Waals surface area contributed by atoms with Gasteiger partial charge in [0.15, 0.2) is 5.82 Å². The van der Waals surface area contributed by atoms with Gasteiger partial charge < -0.3 is 9.80 Å². The molecule has 0 saturated carbocycles. The molecule has 1 aromatic carbocycles. The number of piperazine rings is 1. The molecular weight excluding hydrogens is 398 g/mol. The molecule has 154 valence electrons. The largest absolute Gasteiger partial charge is 0.353 e. The van der Waals surface area contributed by atoms with Crippen LogP contribution in [0.4, 0.5) is 5.82 Å². The molecule has 1 fully saturated rings. The summed E-state index contributed by atoms with van der Waals surface area (Å²) in [6.07, 6.45) is 3.87. The number of carbonyl (C=O) groups excluding carboxylic acids is 1. The molecule has 0 aliphatic carbocycles. The van der Waals surface area contributed by atoms with Gasteiger partial charge in [-0.05, 0) is 43.7 Å². The molecule has 6 nitrogen and oxygen atoms in total. The number of aryl methyl sites for hydroxylation is 1. The normalized spacial score (nSPS) is 14.1. The van der Waals surface area contributed by atoms with Gasteiger partial charge in [0, 0.05) is 60.4 Å². The Morgan fingerprint density at radius 2 is 1.77 bits per heavy atom. The van der Waals surface area contributed by atoms with Crippen LogP contribution in [0.15, 0.2) is 48.8 Å². The molecule has 1 saturated heterocycles. The average Bonchev–Trinajstić information content (AvgIpc) is 2.76. The lowest BCUT2D eigenvalue weighted by molar-refractivity contribution is -0.130. The minimum atomic E-state index is 0.130. The van der Waals surface area contributed by atoms with Crippen molar-refractivity contribution in [1.82, 2.24) is 19.9 Å². The number of benzene rings is 1. The van der Waals surface area contributed by atoms with Crippen LogP contribution in [0, 0.1) is 13.8 Å². The van der Waals surface area contributed by atoms with Crippen molar-refractivity contribution in [3.8, 4) is 11.4 Å². The van der Waals surface area contributed by atoms with Gasteiger partial charge in [-0.3, -0.25) is 9.78 Å². The molecule has 30 heavy (non-hydrogen) atoms. The van der Waals surface area contributed by atoms with Gasteiger partial charge in [-0.15, -0.1) is 0 Å². The first-order valence-electron chi connectivity index (χ1n) is 10.0. The van der Waals surface area contributed by atoms with Crippen LogP contribution in [0.3, 0.4) is 0 Å².